The molecule has 0 saturated heterocycles. The molecule has 0 atom stereocenters. The summed E-state index contributed by atoms with van der Waals surface area (Å²) >= 11 is 0. The second-order valence-electron chi connectivity index (χ2n) is 4.19. The molecule has 1 aliphatic rings. The van der Waals surface area contributed by atoms with Crippen LogP contribution >= 0.6 is 0 Å². The van der Waals surface area contributed by atoms with Gasteiger partial charge in [0.15, 0.2) is 0 Å². The highest BCUT2D eigenvalue weighted by Gasteiger charge is 2.25. The van der Waals surface area contributed by atoms with E-state index < -0.39 is 0 Å². The van der Waals surface area contributed by atoms with Gasteiger partial charge in [0.25, 0.3) is 0 Å². The van der Waals surface area contributed by atoms with Crippen molar-refractivity contribution < 1.29 is 0 Å². The number of hydrogen-bond acceptors (Lipinski definition) is 3. The fourth-order valence-corrected chi connectivity index (χ4v) is 1.78. The molecule has 0 bridgehead atoms. The quantitative estimate of drug-likeness (QED) is 0.767. The van der Waals surface area contributed by atoms with Crippen molar-refractivity contribution in [1.82, 2.24) is 14.5 Å². The molecule has 1 aliphatic carbocycles. The minimum atomic E-state index is 0.844. The van der Waals surface area contributed by atoms with E-state index in [1.54, 1.807) is 0 Å². The van der Waals surface area contributed by atoms with Gasteiger partial charge < -0.3 is 14.8 Å². The number of imidazole rings is 1. The van der Waals surface area contributed by atoms with Crippen LogP contribution in [0.1, 0.15) is 19.8 Å². The lowest BCUT2D eigenvalue weighted by Crippen LogP contribution is -2.25. The van der Waals surface area contributed by atoms with Crippen molar-refractivity contribution in [2.75, 3.05) is 25.5 Å². The molecule has 1 heterocycles. The summed E-state index contributed by atoms with van der Waals surface area (Å²) in [5.74, 6) is 0.988. The van der Waals surface area contributed by atoms with Crippen LogP contribution in [0.3, 0.4) is 0 Å². The second-order valence-corrected chi connectivity index (χ2v) is 4.19. The van der Waals surface area contributed by atoms with Gasteiger partial charge in [-0.25, -0.2) is 4.98 Å². The Hall–Kier alpha value is -1.03. The van der Waals surface area contributed by atoms with Crippen molar-refractivity contribution in [2.24, 2.45) is 0 Å². The highest BCUT2D eigenvalue weighted by atomic mass is 15.2. The lowest BCUT2D eigenvalue weighted by Gasteiger charge is -2.16. The number of likely N-dealkylation sites (N-methyl/N-ethyl adjacent to an activating group) is 1. The average molecular weight is 208 g/mol. The van der Waals surface area contributed by atoms with E-state index in [1.807, 2.05) is 12.4 Å². The summed E-state index contributed by atoms with van der Waals surface area (Å²) < 4.78 is 2.18. The molecule has 4 heteroatoms. The third-order valence-electron chi connectivity index (χ3n) is 2.91. The fourth-order valence-electron chi connectivity index (χ4n) is 1.78. The van der Waals surface area contributed by atoms with E-state index >= 15 is 0 Å². The van der Waals surface area contributed by atoms with E-state index in [1.165, 1.54) is 12.8 Å². The average Bonchev–Trinajstić information content (AvgIpc) is 2.99. The normalized spacial score (nSPS) is 15.9. The van der Waals surface area contributed by atoms with Gasteiger partial charge in [-0.05, 0) is 26.8 Å². The molecule has 84 valence electrons. The molecule has 15 heavy (non-hydrogen) atoms. The summed E-state index contributed by atoms with van der Waals surface area (Å²) in [4.78, 5) is 6.72. The molecule has 1 saturated carbocycles. The van der Waals surface area contributed by atoms with Gasteiger partial charge >= 0.3 is 0 Å². The first kappa shape index (κ1) is 10.5. The molecule has 4 nitrogen and oxygen atoms in total. The molecule has 2 rings (SSSR count). The van der Waals surface area contributed by atoms with Crippen molar-refractivity contribution in [2.45, 2.75) is 32.4 Å². The van der Waals surface area contributed by atoms with Crippen LogP contribution in [-0.4, -0.2) is 40.6 Å². The Morgan fingerprint density at radius 3 is 3.07 bits per heavy atom. The van der Waals surface area contributed by atoms with Gasteiger partial charge in [0.1, 0.15) is 0 Å². The van der Waals surface area contributed by atoms with Crippen LogP contribution in [0, 0.1) is 0 Å². The summed E-state index contributed by atoms with van der Waals surface area (Å²) in [5, 5.41) is 3.26. The Bertz CT molecular complexity index is 303. The molecule has 1 fully saturated rings. The van der Waals surface area contributed by atoms with Crippen molar-refractivity contribution in [3.8, 4) is 0 Å². The Kier molecular flexibility index (Phi) is 3.26. The Balaban J connectivity index is 1.83. The highest BCUT2D eigenvalue weighted by Crippen LogP contribution is 2.25. The number of nitrogens with one attached hydrogen (secondary N) is 1. The third-order valence-corrected chi connectivity index (χ3v) is 2.91. The summed E-state index contributed by atoms with van der Waals surface area (Å²) in [6, 6.07) is 0.844. The predicted molar refractivity (Wildman–Crippen MR) is 62.0 cm³/mol. The molecule has 1 aromatic heterocycles. The lowest BCUT2D eigenvalue weighted by molar-refractivity contribution is 0.310. The van der Waals surface area contributed by atoms with Gasteiger partial charge in [0.05, 0.1) is 0 Å². The molecule has 0 amide bonds. The van der Waals surface area contributed by atoms with Crippen LogP contribution in [0.4, 0.5) is 5.95 Å². The molecule has 0 radical (unpaired) electrons. The Morgan fingerprint density at radius 2 is 2.40 bits per heavy atom. The van der Waals surface area contributed by atoms with Crippen LogP contribution < -0.4 is 5.32 Å². The van der Waals surface area contributed by atoms with E-state index in [0.29, 0.717) is 0 Å². The van der Waals surface area contributed by atoms with Crippen LogP contribution in [0.2, 0.25) is 0 Å². The largest absolute Gasteiger partial charge is 0.356 e. The van der Waals surface area contributed by atoms with E-state index in [2.05, 4.69) is 33.7 Å². The van der Waals surface area contributed by atoms with Gasteiger partial charge in [0, 0.05) is 38.1 Å². The molecule has 1 aromatic rings. The SMILES string of the molecule is CCNc1nccn1CCN(C)C1CC1. The minimum Gasteiger partial charge on any atom is -0.356 e. The first-order valence-corrected chi connectivity index (χ1v) is 5.76. The standard InChI is InChI=1S/C11H20N4/c1-3-12-11-13-6-7-15(11)9-8-14(2)10-4-5-10/h6-7,10H,3-5,8-9H2,1-2H3,(H,12,13). The molecule has 1 N–H and O–H groups in total. The Labute approximate surface area is 91.3 Å². The zero-order valence-corrected chi connectivity index (χ0v) is 9.61. The van der Waals surface area contributed by atoms with Crippen LogP contribution in [-0.2, 0) is 6.54 Å². The third kappa shape index (κ3) is 2.72. The Morgan fingerprint density at radius 1 is 1.60 bits per heavy atom. The smallest absolute Gasteiger partial charge is 0.202 e. The number of hydrogen-bond donors (Lipinski definition) is 1. The summed E-state index contributed by atoms with van der Waals surface area (Å²) in [7, 11) is 2.21. The number of rotatable bonds is 6. The van der Waals surface area contributed by atoms with E-state index in [-0.39, 0.29) is 0 Å². The number of anilines is 1. The number of aromatic nitrogens is 2. The van der Waals surface area contributed by atoms with Crippen molar-refractivity contribution in [3.63, 3.8) is 0 Å². The van der Waals surface area contributed by atoms with Crippen molar-refractivity contribution in [1.29, 1.82) is 0 Å². The maximum Gasteiger partial charge on any atom is 0.202 e. The van der Waals surface area contributed by atoms with E-state index in [4.69, 9.17) is 0 Å². The molecule has 0 spiro atoms. The number of nitrogens with zero attached hydrogens (tertiary/aromatic N) is 3. The van der Waals surface area contributed by atoms with Crippen molar-refractivity contribution in [3.05, 3.63) is 12.4 Å². The summed E-state index contributed by atoms with van der Waals surface area (Å²) in [6.45, 7) is 5.15. The minimum absolute atomic E-state index is 0.844. The van der Waals surface area contributed by atoms with Gasteiger partial charge in [-0.1, -0.05) is 0 Å². The zero-order valence-electron chi connectivity index (χ0n) is 9.61. The fraction of sp³-hybridized carbons (Fsp3) is 0.727. The van der Waals surface area contributed by atoms with Gasteiger partial charge in [0.2, 0.25) is 5.95 Å². The second kappa shape index (κ2) is 4.66. The van der Waals surface area contributed by atoms with E-state index in [0.717, 1.165) is 31.6 Å². The van der Waals surface area contributed by atoms with Gasteiger partial charge in [-0.2, -0.15) is 0 Å². The van der Waals surface area contributed by atoms with Crippen LogP contribution in [0.5, 0.6) is 0 Å². The summed E-state index contributed by atoms with van der Waals surface area (Å²) in [5.41, 5.74) is 0. The first-order valence-electron chi connectivity index (χ1n) is 5.76. The maximum absolute atomic E-state index is 4.28. The lowest BCUT2D eigenvalue weighted by atomic mass is 10.5. The predicted octanol–water partition coefficient (Wildman–Crippen LogP) is 1.41. The van der Waals surface area contributed by atoms with Crippen molar-refractivity contribution >= 4 is 5.95 Å². The first-order chi connectivity index (χ1) is 7.31. The molecule has 0 aromatic carbocycles. The van der Waals surface area contributed by atoms with Gasteiger partial charge in [-0.15, -0.1) is 0 Å². The topological polar surface area (TPSA) is 33.1 Å². The molecular weight excluding hydrogens is 188 g/mol. The molecule has 0 aliphatic heterocycles. The molecular formula is C11H20N4. The van der Waals surface area contributed by atoms with Crippen LogP contribution in [0.15, 0.2) is 12.4 Å². The highest BCUT2D eigenvalue weighted by molar-refractivity contribution is 5.25. The molecule has 0 unspecified atom stereocenters. The van der Waals surface area contributed by atoms with Crippen LogP contribution in [0.25, 0.3) is 0 Å². The summed E-state index contributed by atoms with van der Waals surface area (Å²) in [6.07, 6.45) is 6.65. The monoisotopic (exact) mass is 208 g/mol. The van der Waals surface area contributed by atoms with E-state index in [9.17, 15) is 0 Å². The maximum atomic E-state index is 4.28. The van der Waals surface area contributed by atoms with Gasteiger partial charge in [-0.3, -0.25) is 0 Å². The zero-order chi connectivity index (χ0) is 10.7.